The van der Waals surface area contributed by atoms with Gasteiger partial charge in [-0.05, 0) is 112 Å². The number of nitrogens with zero attached hydrogens (tertiary/aromatic N) is 6. The highest BCUT2D eigenvalue weighted by atomic mass is 15.2. The Labute approximate surface area is 413 Å². The molecule has 3 aliphatic carbocycles. The van der Waals surface area contributed by atoms with Crippen LogP contribution in [0.15, 0.2) is 242 Å². The number of para-hydroxylation sites is 3. The van der Waals surface area contributed by atoms with Crippen molar-refractivity contribution in [2.45, 2.75) is 30.6 Å². The predicted octanol–water partition coefficient (Wildman–Crippen LogP) is 15.4. The lowest BCUT2D eigenvalue weighted by Gasteiger charge is -2.35. The minimum Gasteiger partial charge on any atom is -0.310 e. The fraction of sp³-hybridized carbons (Fsp3) is 0.0769. The van der Waals surface area contributed by atoms with Gasteiger partial charge >= 0.3 is 0 Å². The van der Waals surface area contributed by atoms with E-state index in [0.29, 0.717) is 17.5 Å². The van der Waals surface area contributed by atoms with Crippen molar-refractivity contribution in [2.24, 2.45) is 0 Å². The van der Waals surface area contributed by atoms with Crippen molar-refractivity contribution in [3.05, 3.63) is 276 Å². The fourth-order valence-corrected chi connectivity index (χ4v) is 11.6. The summed E-state index contributed by atoms with van der Waals surface area (Å²) in [7, 11) is 0. The van der Waals surface area contributed by atoms with Crippen LogP contribution in [-0.2, 0) is 5.41 Å². The Balaban J connectivity index is 1.04. The van der Waals surface area contributed by atoms with Crippen LogP contribution in [0.4, 0.5) is 11.4 Å². The van der Waals surface area contributed by atoms with Gasteiger partial charge in [0.05, 0.1) is 22.4 Å². The van der Waals surface area contributed by atoms with E-state index in [1.54, 1.807) is 0 Å². The van der Waals surface area contributed by atoms with Gasteiger partial charge in [-0.1, -0.05) is 188 Å². The van der Waals surface area contributed by atoms with Gasteiger partial charge in [0.25, 0.3) is 0 Å². The van der Waals surface area contributed by atoms with Gasteiger partial charge in [-0.25, -0.2) is 19.9 Å². The average molecular weight is 911 g/mol. The molecule has 6 heteroatoms. The molecule has 1 unspecified atom stereocenters. The SMILES string of the molecule is C1=CCCC(c2nc(-c3ccccc3)nc(-c3cccc(-c4cc(N(C5=CCC(c6ccccc6)C=C5)c5ccccc5)c5c(c4)-n4c(nc6ccccc64)C54c5ccccc5-c5ccccc54)c3)n2)=C1. The van der Waals surface area contributed by atoms with Crippen LogP contribution in [-0.4, -0.2) is 24.5 Å². The first-order chi connectivity index (χ1) is 35.2. The number of rotatable bonds is 8. The first kappa shape index (κ1) is 41.0. The molecule has 1 spiro atoms. The lowest BCUT2D eigenvalue weighted by atomic mass is 9.71. The zero-order valence-electron chi connectivity index (χ0n) is 38.9. The molecule has 336 valence electrons. The summed E-state index contributed by atoms with van der Waals surface area (Å²) in [6, 6.07) is 72.1. The third kappa shape index (κ3) is 6.55. The Bertz CT molecular complexity index is 3820. The first-order valence-corrected chi connectivity index (χ1v) is 24.6. The maximum Gasteiger partial charge on any atom is 0.164 e. The van der Waals surface area contributed by atoms with E-state index in [1.807, 2.05) is 18.2 Å². The van der Waals surface area contributed by atoms with Crippen molar-refractivity contribution in [2.75, 3.05) is 4.90 Å². The van der Waals surface area contributed by atoms with Crippen LogP contribution in [0.5, 0.6) is 0 Å². The van der Waals surface area contributed by atoms with Crippen LogP contribution in [0, 0.1) is 0 Å². The summed E-state index contributed by atoms with van der Waals surface area (Å²) in [6.07, 6.45) is 16.3. The van der Waals surface area contributed by atoms with Crippen LogP contribution in [0.1, 0.15) is 59.1 Å². The van der Waals surface area contributed by atoms with Gasteiger partial charge < -0.3 is 4.90 Å². The highest BCUT2D eigenvalue weighted by Crippen LogP contribution is 2.63. The third-order valence-electron chi connectivity index (χ3n) is 14.8. The van der Waals surface area contributed by atoms with Crippen LogP contribution in [0.25, 0.3) is 67.3 Å². The van der Waals surface area contributed by atoms with Gasteiger partial charge in [-0.3, -0.25) is 4.57 Å². The molecule has 2 aromatic heterocycles. The second-order valence-electron chi connectivity index (χ2n) is 18.8. The maximum absolute atomic E-state index is 5.69. The number of aromatic nitrogens is 5. The van der Waals surface area contributed by atoms with E-state index in [0.717, 1.165) is 86.7 Å². The summed E-state index contributed by atoms with van der Waals surface area (Å²) >= 11 is 0. The topological polar surface area (TPSA) is 59.7 Å². The minimum absolute atomic E-state index is 0.276. The van der Waals surface area contributed by atoms with E-state index in [4.69, 9.17) is 19.9 Å². The fourth-order valence-electron chi connectivity index (χ4n) is 11.6. The molecular weight excluding hydrogens is 865 g/mol. The normalized spacial score (nSPS) is 15.7. The van der Waals surface area contributed by atoms with E-state index in [9.17, 15) is 0 Å². The number of benzene rings is 8. The van der Waals surface area contributed by atoms with Gasteiger partial charge in [0.2, 0.25) is 0 Å². The molecule has 0 fully saturated rings. The number of hydrogen-bond acceptors (Lipinski definition) is 5. The third-order valence-corrected chi connectivity index (χ3v) is 14.8. The van der Waals surface area contributed by atoms with Crippen LogP contribution < -0.4 is 4.90 Å². The van der Waals surface area contributed by atoms with Gasteiger partial charge in [0, 0.05) is 34.0 Å². The maximum atomic E-state index is 5.69. The Kier molecular flexibility index (Phi) is 9.59. The molecule has 0 bridgehead atoms. The predicted molar refractivity (Wildman–Crippen MR) is 288 cm³/mol. The number of fused-ring (bicyclic) bond motifs is 12. The van der Waals surface area contributed by atoms with Gasteiger partial charge in [0.1, 0.15) is 11.2 Å². The van der Waals surface area contributed by atoms with Crippen LogP contribution >= 0.6 is 0 Å². The minimum atomic E-state index is -0.742. The Morgan fingerprint density at radius 2 is 1.20 bits per heavy atom. The molecule has 8 aromatic carbocycles. The molecule has 0 saturated heterocycles. The van der Waals surface area contributed by atoms with Gasteiger partial charge in [-0.2, -0.15) is 0 Å². The average Bonchev–Trinajstić information content (AvgIpc) is 4.08. The smallest absolute Gasteiger partial charge is 0.164 e. The molecule has 0 amide bonds. The molecule has 14 rings (SSSR count). The van der Waals surface area contributed by atoms with Crippen molar-refractivity contribution in [3.8, 4) is 50.7 Å². The lowest BCUT2D eigenvalue weighted by molar-refractivity contribution is 0.737. The molecule has 4 aliphatic rings. The standard InChI is InChI=1S/C65H46N6/c1-5-20-43(21-6-1)44-36-38-51(39-37-44)70(50-28-11-4-12-29-50)58-41-49(47-26-19-27-48(40-47)63-68-61(45-22-7-2-8-23-45)67-62(69-63)46-24-9-3-10-25-46)42-59-60(58)65(64-66-56-34-17-18-35-57(56)71(59)64)54-32-15-13-30-52(54)53-31-14-16-33-55(53)65/h1-9,11-24,26-36,38-42,44H,10,25,37H2. The Morgan fingerprint density at radius 3 is 1.93 bits per heavy atom. The van der Waals surface area contributed by atoms with Crippen molar-refractivity contribution in [1.29, 1.82) is 0 Å². The number of hydrogen-bond donors (Lipinski definition) is 0. The summed E-state index contributed by atoms with van der Waals surface area (Å²) in [5.41, 5.74) is 18.3. The van der Waals surface area contributed by atoms with Crippen LogP contribution in [0.2, 0.25) is 0 Å². The van der Waals surface area contributed by atoms with E-state index >= 15 is 0 Å². The zero-order valence-corrected chi connectivity index (χ0v) is 38.9. The quantitative estimate of drug-likeness (QED) is 0.152. The van der Waals surface area contributed by atoms with Gasteiger partial charge in [0.15, 0.2) is 17.5 Å². The monoisotopic (exact) mass is 910 g/mol. The number of allylic oxidation sites excluding steroid dienone is 7. The molecular formula is C65H46N6. The van der Waals surface area contributed by atoms with E-state index < -0.39 is 5.41 Å². The highest BCUT2D eigenvalue weighted by molar-refractivity contribution is 5.97. The van der Waals surface area contributed by atoms with E-state index in [2.05, 4.69) is 228 Å². The number of imidazole rings is 1. The summed E-state index contributed by atoms with van der Waals surface area (Å²) in [6.45, 7) is 0. The first-order valence-electron chi connectivity index (χ1n) is 24.6. The van der Waals surface area contributed by atoms with Crippen LogP contribution in [0.3, 0.4) is 0 Å². The van der Waals surface area contributed by atoms with E-state index in [-0.39, 0.29) is 5.92 Å². The molecule has 0 saturated carbocycles. The Hall–Kier alpha value is -9.00. The second-order valence-corrected chi connectivity index (χ2v) is 18.8. The largest absolute Gasteiger partial charge is 0.310 e. The zero-order chi connectivity index (χ0) is 46.9. The molecule has 3 heterocycles. The van der Waals surface area contributed by atoms with Crippen molar-refractivity contribution in [1.82, 2.24) is 24.5 Å². The summed E-state index contributed by atoms with van der Waals surface area (Å²) in [5.74, 6) is 3.30. The van der Waals surface area contributed by atoms with Crippen molar-refractivity contribution in [3.63, 3.8) is 0 Å². The summed E-state index contributed by atoms with van der Waals surface area (Å²) in [4.78, 5) is 23.6. The van der Waals surface area contributed by atoms with Crippen molar-refractivity contribution < 1.29 is 0 Å². The van der Waals surface area contributed by atoms with Gasteiger partial charge in [-0.15, -0.1) is 0 Å². The molecule has 0 radical (unpaired) electrons. The second kappa shape index (κ2) is 16.6. The summed E-state index contributed by atoms with van der Waals surface area (Å²) < 4.78 is 2.46. The van der Waals surface area contributed by atoms with E-state index in [1.165, 1.54) is 33.4 Å². The molecule has 71 heavy (non-hydrogen) atoms. The Morgan fingerprint density at radius 1 is 0.549 bits per heavy atom. The molecule has 10 aromatic rings. The highest BCUT2D eigenvalue weighted by Gasteiger charge is 2.56. The molecule has 6 nitrogen and oxygen atoms in total. The summed E-state index contributed by atoms with van der Waals surface area (Å²) in [5, 5.41) is 0. The lowest BCUT2D eigenvalue weighted by Crippen LogP contribution is -2.30. The molecule has 0 N–H and O–H groups in total. The molecule has 1 aliphatic heterocycles. The molecule has 1 atom stereocenters. The van der Waals surface area contributed by atoms with Crippen molar-refractivity contribution >= 4 is 28.0 Å². The number of anilines is 2.